The molecule has 4 heteroatoms. The highest BCUT2D eigenvalue weighted by Gasteiger charge is 2.17. The van der Waals surface area contributed by atoms with Crippen molar-refractivity contribution in [1.29, 1.82) is 0 Å². The number of hydrogen-bond donors (Lipinski definition) is 0. The predicted molar refractivity (Wildman–Crippen MR) is 90.0 cm³/mol. The monoisotopic (exact) mass is 313 g/mol. The van der Waals surface area contributed by atoms with Crippen molar-refractivity contribution in [3.63, 3.8) is 0 Å². The molecule has 1 heterocycles. The molecule has 22 heavy (non-hydrogen) atoms. The Morgan fingerprint density at radius 1 is 1.00 bits per heavy atom. The fraction of sp³-hybridized carbons (Fsp3) is 0.167. The first-order valence-corrected chi connectivity index (χ1v) is 7.30. The molecule has 0 aliphatic heterocycles. The second-order valence-corrected chi connectivity index (χ2v) is 5.40. The van der Waals surface area contributed by atoms with E-state index in [2.05, 4.69) is 0 Å². The van der Waals surface area contributed by atoms with E-state index in [9.17, 15) is 0 Å². The highest BCUT2D eigenvalue weighted by Crippen LogP contribution is 2.42. The Hall–Kier alpha value is -2.26. The van der Waals surface area contributed by atoms with Gasteiger partial charge in [-0.05, 0) is 30.5 Å². The van der Waals surface area contributed by atoms with Gasteiger partial charge in [-0.2, -0.15) is 0 Å². The number of ether oxygens (including phenoxy) is 2. The van der Waals surface area contributed by atoms with Gasteiger partial charge in [0.25, 0.3) is 0 Å². The van der Waals surface area contributed by atoms with Crippen LogP contribution >= 0.6 is 11.6 Å². The topological polar surface area (TPSA) is 31.4 Å². The molecule has 0 unspecified atom stereocenters. The molecule has 0 radical (unpaired) electrons. The zero-order valence-corrected chi connectivity index (χ0v) is 13.4. The van der Waals surface area contributed by atoms with E-state index in [0.29, 0.717) is 16.5 Å². The Kier molecular flexibility index (Phi) is 3.90. The van der Waals surface area contributed by atoms with E-state index < -0.39 is 0 Å². The Morgan fingerprint density at radius 3 is 2.45 bits per heavy atom. The van der Waals surface area contributed by atoms with Gasteiger partial charge in [0.2, 0.25) is 0 Å². The second-order valence-electron chi connectivity index (χ2n) is 4.99. The maximum Gasteiger partial charge on any atom is 0.170 e. The summed E-state index contributed by atoms with van der Waals surface area (Å²) in [5.74, 6) is 1.34. The molecule has 112 valence electrons. The highest BCUT2D eigenvalue weighted by molar-refractivity contribution is 6.33. The van der Waals surface area contributed by atoms with Crippen molar-refractivity contribution < 1.29 is 9.47 Å². The largest absolute Gasteiger partial charge is 0.493 e. The quantitative estimate of drug-likeness (QED) is 0.690. The summed E-state index contributed by atoms with van der Waals surface area (Å²) in [4.78, 5) is 4.70. The first-order valence-electron chi connectivity index (χ1n) is 6.93. The van der Waals surface area contributed by atoms with Gasteiger partial charge < -0.3 is 9.47 Å². The molecule has 1 aromatic heterocycles. The molecule has 0 spiro atoms. The van der Waals surface area contributed by atoms with E-state index in [4.69, 9.17) is 26.1 Å². The number of benzene rings is 2. The minimum Gasteiger partial charge on any atom is -0.493 e. The third-order valence-electron chi connectivity index (χ3n) is 3.60. The van der Waals surface area contributed by atoms with Crippen LogP contribution in [0.25, 0.3) is 22.0 Å². The first kappa shape index (κ1) is 14.7. The second kappa shape index (κ2) is 5.85. The van der Waals surface area contributed by atoms with Crippen molar-refractivity contribution in [2.24, 2.45) is 0 Å². The lowest BCUT2D eigenvalue weighted by molar-refractivity contribution is 0.358. The average molecular weight is 314 g/mol. The lowest BCUT2D eigenvalue weighted by Gasteiger charge is -2.15. The van der Waals surface area contributed by atoms with E-state index in [1.807, 2.05) is 49.4 Å². The number of hydrogen-bond acceptors (Lipinski definition) is 3. The highest BCUT2D eigenvalue weighted by atomic mass is 35.5. The number of nitrogens with zero attached hydrogens (tertiary/aromatic N) is 1. The van der Waals surface area contributed by atoms with Crippen molar-refractivity contribution in [2.75, 3.05) is 14.2 Å². The third kappa shape index (κ3) is 2.38. The number of methoxy groups -OCH3 is 2. The van der Waals surface area contributed by atoms with Gasteiger partial charge in [-0.1, -0.05) is 35.9 Å². The summed E-state index contributed by atoms with van der Waals surface area (Å²) in [5, 5.41) is 2.60. The minimum atomic E-state index is 0.659. The summed E-state index contributed by atoms with van der Waals surface area (Å²) in [6.45, 7) is 1.97. The maximum absolute atomic E-state index is 6.37. The lowest BCUT2D eigenvalue weighted by atomic mass is 10.0. The minimum absolute atomic E-state index is 0.659. The SMILES string of the molecule is COc1ccc2cc(C)nc(-c3ccccc3Cl)c2c1OC. The standard InChI is InChI=1S/C18H16ClNO2/c1-11-10-12-8-9-15(21-2)18(22-3)16(12)17(20-11)13-6-4-5-7-14(13)19/h4-10H,1-3H3. The fourth-order valence-corrected chi connectivity index (χ4v) is 2.87. The smallest absolute Gasteiger partial charge is 0.170 e. The molecule has 3 aromatic rings. The van der Waals surface area contributed by atoms with Crippen LogP contribution in [0, 0.1) is 6.92 Å². The summed E-state index contributed by atoms with van der Waals surface area (Å²) in [6, 6.07) is 13.6. The van der Waals surface area contributed by atoms with Crippen molar-refractivity contribution in [3.05, 3.63) is 53.2 Å². The summed E-state index contributed by atoms with van der Waals surface area (Å²) < 4.78 is 11.0. The van der Waals surface area contributed by atoms with Gasteiger partial charge in [0.1, 0.15) is 0 Å². The van der Waals surface area contributed by atoms with Gasteiger partial charge in [-0.25, -0.2) is 0 Å². The number of fused-ring (bicyclic) bond motifs is 1. The molecule has 0 saturated carbocycles. The van der Waals surface area contributed by atoms with Crippen LogP contribution in [0.2, 0.25) is 5.02 Å². The van der Waals surface area contributed by atoms with E-state index in [1.54, 1.807) is 14.2 Å². The fourth-order valence-electron chi connectivity index (χ4n) is 2.64. The van der Waals surface area contributed by atoms with Crippen LogP contribution in [0.5, 0.6) is 11.5 Å². The van der Waals surface area contributed by atoms with Crippen LogP contribution in [-0.2, 0) is 0 Å². The molecule has 2 aromatic carbocycles. The summed E-state index contributed by atoms with van der Waals surface area (Å²) in [7, 11) is 3.26. The van der Waals surface area contributed by atoms with Crippen LogP contribution in [0.3, 0.4) is 0 Å². The number of halogens is 1. The van der Waals surface area contributed by atoms with Crippen LogP contribution in [-0.4, -0.2) is 19.2 Å². The molecule has 0 aliphatic rings. The van der Waals surface area contributed by atoms with Gasteiger partial charge in [-0.3, -0.25) is 4.98 Å². The molecular formula is C18H16ClNO2. The molecule has 3 rings (SSSR count). The van der Waals surface area contributed by atoms with Crippen molar-refractivity contribution in [2.45, 2.75) is 6.92 Å². The normalized spacial score (nSPS) is 10.7. The molecule has 0 aliphatic carbocycles. The summed E-state index contributed by atoms with van der Waals surface area (Å²) in [6.07, 6.45) is 0. The van der Waals surface area contributed by atoms with Crippen LogP contribution in [0.4, 0.5) is 0 Å². The Bertz CT molecular complexity index is 846. The van der Waals surface area contributed by atoms with E-state index in [1.165, 1.54) is 0 Å². The van der Waals surface area contributed by atoms with Crippen LogP contribution < -0.4 is 9.47 Å². The molecule has 0 N–H and O–H groups in total. The molecule has 3 nitrogen and oxygen atoms in total. The molecule has 0 bridgehead atoms. The van der Waals surface area contributed by atoms with Crippen molar-refractivity contribution in [3.8, 4) is 22.8 Å². The van der Waals surface area contributed by atoms with Crippen molar-refractivity contribution in [1.82, 2.24) is 4.98 Å². The molecule has 0 saturated heterocycles. The van der Waals surface area contributed by atoms with Gasteiger partial charge in [-0.15, -0.1) is 0 Å². The Labute approximate surface area is 134 Å². The Morgan fingerprint density at radius 2 is 1.77 bits per heavy atom. The number of rotatable bonds is 3. The molecular weight excluding hydrogens is 298 g/mol. The summed E-state index contributed by atoms with van der Waals surface area (Å²) >= 11 is 6.37. The zero-order chi connectivity index (χ0) is 15.7. The average Bonchev–Trinajstić information content (AvgIpc) is 2.53. The lowest BCUT2D eigenvalue weighted by Crippen LogP contribution is -1.96. The van der Waals surface area contributed by atoms with E-state index >= 15 is 0 Å². The van der Waals surface area contributed by atoms with Gasteiger partial charge in [0.05, 0.1) is 25.3 Å². The molecule has 0 amide bonds. The first-order chi connectivity index (χ1) is 10.7. The van der Waals surface area contributed by atoms with Gasteiger partial charge in [0.15, 0.2) is 11.5 Å². The number of aromatic nitrogens is 1. The van der Waals surface area contributed by atoms with E-state index in [-0.39, 0.29) is 0 Å². The molecule has 0 atom stereocenters. The van der Waals surface area contributed by atoms with Crippen LogP contribution in [0.1, 0.15) is 5.69 Å². The van der Waals surface area contributed by atoms with Gasteiger partial charge in [0, 0.05) is 16.3 Å². The predicted octanol–water partition coefficient (Wildman–Crippen LogP) is 4.88. The maximum atomic E-state index is 6.37. The zero-order valence-electron chi connectivity index (χ0n) is 12.7. The van der Waals surface area contributed by atoms with E-state index in [0.717, 1.165) is 27.7 Å². The van der Waals surface area contributed by atoms with Crippen molar-refractivity contribution >= 4 is 22.4 Å². The Balaban J connectivity index is 2.45. The van der Waals surface area contributed by atoms with Crippen LogP contribution in [0.15, 0.2) is 42.5 Å². The third-order valence-corrected chi connectivity index (χ3v) is 3.93. The van der Waals surface area contributed by atoms with Gasteiger partial charge >= 0.3 is 0 Å². The number of pyridine rings is 1. The number of aryl methyl sites for hydroxylation is 1. The molecule has 0 fully saturated rings. The summed E-state index contributed by atoms with van der Waals surface area (Å²) in [5.41, 5.74) is 2.61.